The Kier molecular flexibility index (Phi) is 5.35. The number of piperidine rings is 1. The number of hydrogen-bond donors (Lipinski definition) is 1. The lowest BCUT2D eigenvalue weighted by Crippen LogP contribution is -2.42. The third kappa shape index (κ3) is 4.06. The highest BCUT2D eigenvalue weighted by molar-refractivity contribution is 9.10. The number of furan rings is 1. The van der Waals surface area contributed by atoms with E-state index in [1.807, 2.05) is 24.3 Å². The number of carbonyl (C=O) groups is 2. The summed E-state index contributed by atoms with van der Waals surface area (Å²) in [6.07, 6.45) is 2.85. The van der Waals surface area contributed by atoms with Crippen molar-refractivity contribution in [2.75, 3.05) is 13.1 Å². The van der Waals surface area contributed by atoms with E-state index >= 15 is 0 Å². The van der Waals surface area contributed by atoms with Crippen LogP contribution in [0.5, 0.6) is 0 Å². The number of nitrogens with zero attached hydrogens (tertiary/aromatic N) is 1. The van der Waals surface area contributed by atoms with Crippen molar-refractivity contribution in [1.29, 1.82) is 0 Å². The van der Waals surface area contributed by atoms with Crippen LogP contribution in [0.25, 0.3) is 0 Å². The second-order valence-electron chi connectivity index (χ2n) is 5.89. The topological polar surface area (TPSA) is 62.6 Å². The Balaban J connectivity index is 1.46. The Hall–Kier alpha value is -2.08. The fourth-order valence-corrected chi connectivity index (χ4v) is 3.10. The van der Waals surface area contributed by atoms with Gasteiger partial charge in [-0.15, -0.1) is 0 Å². The van der Waals surface area contributed by atoms with Gasteiger partial charge in [-0.05, 0) is 42.7 Å². The van der Waals surface area contributed by atoms with E-state index in [4.69, 9.17) is 4.42 Å². The van der Waals surface area contributed by atoms with E-state index in [2.05, 4.69) is 21.2 Å². The molecule has 1 aromatic heterocycles. The van der Waals surface area contributed by atoms with Crippen LogP contribution in [0.2, 0.25) is 0 Å². The number of hydrogen-bond acceptors (Lipinski definition) is 3. The van der Waals surface area contributed by atoms with Crippen molar-refractivity contribution in [3.05, 3.63) is 58.5 Å². The minimum Gasteiger partial charge on any atom is -0.459 e. The Morgan fingerprint density at radius 2 is 1.88 bits per heavy atom. The molecule has 5 nitrogen and oxygen atoms in total. The van der Waals surface area contributed by atoms with E-state index in [9.17, 15) is 9.59 Å². The van der Waals surface area contributed by atoms with Gasteiger partial charge in [-0.3, -0.25) is 9.59 Å². The molecule has 1 saturated heterocycles. The molecule has 0 spiro atoms. The van der Waals surface area contributed by atoms with E-state index in [1.165, 1.54) is 6.26 Å². The first kappa shape index (κ1) is 16.8. The van der Waals surface area contributed by atoms with Gasteiger partial charge in [0, 0.05) is 30.0 Å². The van der Waals surface area contributed by atoms with Crippen LogP contribution in [0.4, 0.5) is 0 Å². The Morgan fingerprint density at radius 3 is 2.50 bits per heavy atom. The molecular formula is C18H19BrN2O3. The molecule has 2 heterocycles. The lowest BCUT2D eigenvalue weighted by atomic mass is 9.95. The van der Waals surface area contributed by atoms with Gasteiger partial charge >= 0.3 is 0 Å². The summed E-state index contributed by atoms with van der Waals surface area (Å²) in [7, 11) is 0. The smallest absolute Gasteiger partial charge is 0.289 e. The normalized spacial score (nSPS) is 15.3. The van der Waals surface area contributed by atoms with Crippen molar-refractivity contribution in [3.63, 3.8) is 0 Å². The number of carbonyl (C=O) groups excluding carboxylic acids is 2. The molecule has 24 heavy (non-hydrogen) atoms. The van der Waals surface area contributed by atoms with Crippen LogP contribution in [0.1, 0.15) is 29.0 Å². The molecule has 0 radical (unpaired) electrons. The first-order valence-corrected chi connectivity index (χ1v) is 8.78. The molecule has 0 saturated carbocycles. The maximum Gasteiger partial charge on any atom is 0.289 e. The third-order valence-electron chi connectivity index (χ3n) is 4.26. The van der Waals surface area contributed by atoms with Gasteiger partial charge in [0.2, 0.25) is 5.91 Å². The first-order chi connectivity index (χ1) is 11.6. The monoisotopic (exact) mass is 390 g/mol. The van der Waals surface area contributed by atoms with Crippen LogP contribution in [-0.2, 0) is 11.3 Å². The zero-order valence-electron chi connectivity index (χ0n) is 13.2. The van der Waals surface area contributed by atoms with Gasteiger partial charge in [0.25, 0.3) is 5.91 Å². The van der Waals surface area contributed by atoms with Gasteiger partial charge in [-0.1, -0.05) is 28.1 Å². The van der Waals surface area contributed by atoms with Crippen LogP contribution in [-0.4, -0.2) is 29.8 Å². The van der Waals surface area contributed by atoms with E-state index in [0.717, 1.165) is 10.0 Å². The second-order valence-corrected chi connectivity index (χ2v) is 6.80. The second kappa shape index (κ2) is 7.66. The van der Waals surface area contributed by atoms with Crippen molar-refractivity contribution in [1.82, 2.24) is 10.2 Å². The maximum atomic E-state index is 12.3. The summed E-state index contributed by atoms with van der Waals surface area (Å²) in [5.74, 6) is 0.269. The quantitative estimate of drug-likeness (QED) is 0.871. The van der Waals surface area contributed by atoms with Gasteiger partial charge in [0.05, 0.1) is 6.26 Å². The molecule has 0 bridgehead atoms. The summed E-state index contributed by atoms with van der Waals surface area (Å²) < 4.78 is 6.16. The fourth-order valence-electron chi connectivity index (χ4n) is 2.84. The molecule has 2 amide bonds. The summed E-state index contributed by atoms with van der Waals surface area (Å²) in [4.78, 5) is 26.3. The molecule has 126 valence electrons. The van der Waals surface area contributed by atoms with Gasteiger partial charge in [0.15, 0.2) is 5.76 Å². The molecule has 0 unspecified atom stereocenters. The average Bonchev–Trinajstić information content (AvgIpc) is 3.15. The summed E-state index contributed by atoms with van der Waals surface area (Å²) in [6, 6.07) is 11.2. The highest BCUT2D eigenvalue weighted by Crippen LogP contribution is 2.20. The van der Waals surface area contributed by atoms with Gasteiger partial charge in [-0.2, -0.15) is 0 Å². The molecule has 0 aliphatic carbocycles. The highest BCUT2D eigenvalue weighted by Gasteiger charge is 2.28. The molecule has 0 atom stereocenters. The summed E-state index contributed by atoms with van der Waals surface area (Å²) in [5, 5.41) is 2.98. The molecule has 1 N–H and O–H groups in total. The summed E-state index contributed by atoms with van der Waals surface area (Å²) >= 11 is 3.39. The Morgan fingerprint density at radius 1 is 1.17 bits per heavy atom. The van der Waals surface area contributed by atoms with Crippen molar-refractivity contribution in [2.24, 2.45) is 5.92 Å². The zero-order valence-corrected chi connectivity index (χ0v) is 14.8. The van der Waals surface area contributed by atoms with Crippen LogP contribution in [0.15, 0.2) is 51.6 Å². The first-order valence-electron chi connectivity index (χ1n) is 7.98. The number of benzene rings is 1. The molecule has 1 aliphatic heterocycles. The van der Waals surface area contributed by atoms with E-state index in [-0.39, 0.29) is 17.7 Å². The summed E-state index contributed by atoms with van der Waals surface area (Å²) in [5.41, 5.74) is 1.07. The molecule has 2 aromatic rings. The van der Waals surface area contributed by atoms with Crippen molar-refractivity contribution >= 4 is 27.7 Å². The van der Waals surface area contributed by atoms with E-state index < -0.39 is 0 Å². The van der Waals surface area contributed by atoms with Crippen LogP contribution >= 0.6 is 15.9 Å². The standard InChI is InChI=1S/C18H19BrN2O3/c19-15-5-3-13(4-6-15)12-20-17(22)14-7-9-21(10-8-14)18(23)16-2-1-11-24-16/h1-6,11,14H,7-10,12H2,(H,20,22). The van der Waals surface area contributed by atoms with E-state index in [1.54, 1.807) is 17.0 Å². The molecule has 6 heteroatoms. The van der Waals surface area contributed by atoms with Crippen molar-refractivity contribution in [3.8, 4) is 0 Å². The molecule has 1 aliphatic rings. The lowest BCUT2D eigenvalue weighted by Gasteiger charge is -2.30. The largest absolute Gasteiger partial charge is 0.459 e. The number of likely N-dealkylation sites (tertiary alicyclic amines) is 1. The van der Waals surface area contributed by atoms with Crippen molar-refractivity contribution in [2.45, 2.75) is 19.4 Å². The van der Waals surface area contributed by atoms with Gasteiger partial charge < -0.3 is 14.6 Å². The average molecular weight is 391 g/mol. The Bertz CT molecular complexity index is 690. The maximum absolute atomic E-state index is 12.3. The van der Waals surface area contributed by atoms with Crippen LogP contribution < -0.4 is 5.32 Å². The molecular weight excluding hydrogens is 372 g/mol. The third-order valence-corrected chi connectivity index (χ3v) is 4.79. The van der Waals surface area contributed by atoms with Crippen LogP contribution in [0.3, 0.4) is 0 Å². The molecule has 1 fully saturated rings. The number of amides is 2. The van der Waals surface area contributed by atoms with Gasteiger partial charge in [0.1, 0.15) is 0 Å². The minimum atomic E-state index is -0.103. The summed E-state index contributed by atoms with van der Waals surface area (Å²) in [6.45, 7) is 1.68. The Labute approximate surface area is 149 Å². The lowest BCUT2D eigenvalue weighted by molar-refractivity contribution is -0.126. The number of halogens is 1. The molecule has 3 rings (SSSR count). The number of nitrogens with one attached hydrogen (secondary N) is 1. The fraction of sp³-hybridized carbons (Fsp3) is 0.333. The zero-order chi connectivity index (χ0) is 16.9. The predicted octanol–water partition coefficient (Wildman–Crippen LogP) is 3.21. The molecule has 1 aromatic carbocycles. The van der Waals surface area contributed by atoms with Gasteiger partial charge in [-0.25, -0.2) is 0 Å². The minimum absolute atomic E-state index is 0.0406. The van der Waals surface area contributed by atoms with Crippen LogP contribution in [0, 0.1) is 5.92 Å². The highest BCUT2D eigenvalue weighted by atomic mass is 79.9. The van der Waals surface area contributed by atoms with Crippen molar-refractivity contribution < 1.29 is 14.0 Å². The predicted molar refractivity (Wildman–Crippen MR) is 93.3 cm³/mol. The SMILES string of the molecule is O=C(NCc1ccc(Br)cc1)C1CCN(C(=O)c2ccco2)CC1. The van der Waals surface area contributed by atoms with E-state index in [0.29, 0.717) is 38.2 Å². The number of rotatable bonds is 4.